The lowest BCUT2D eigenvalue weighted by Gasteiger charge is -2.19. The largest absolute Gasteiger partial charge is 0.456 e. The van der Waals surface area contributed by atoms with E-state index >= 15 is 0 Å². The van der Waals surface area contributed by atoms with Crippen LogP contribution < -0.4 is 5.32 Å². The molecule has 0 bridgehead atoms. The summed E-state index contributed by atoms with van der Waals surface area (Å²) in [5.41, 5.74) is 0.228. The summed E-state index contributed by atoms with van der Waals surface area (Å²) in [6.45, 7) is -2.13. The lowest BCUT2D eigenvalue weighted by Crippen LogP contribution is -2.41. The molecule has 0 saturated carbocycles. The van der Waals surface area contributed by atoms with Crippen LogP contribution >= 0.6 is 0 Å². The van der Waals surface area contributed by atoms with Gasteiger partial charge in [0, 0.05) is 0 Å². The highest BCUT2D eigenvalue weighted by Crippen LogP contribution is 2.35. The minimum Gasteiger partial charge on any atom is -0.455 e. The second-order valence-electron chi connectivity index (χ2n) is 4.71. The van der Waals surface area contributed by atoms with E-state index in [0.717, 1.165) is 19.2 Å². The number of ether oxygens (including phenoxy) is 2. The van der Waals surface area contributed by atoms with Crippen molar-refractivity contribution in [2.45, 2.75) is 12.1 Å². The number of amides is 1. The second-order valence-corrected chi connectivity index (χ2v) is 4.71. The van der Waals surface area contributed by atoms with Gasteiger partial charge < -0.3 is 14.5 Å². The van der Waals surface area contributed by atoms with Crippen LogP contribution in [0.5, 0.6) is 0 Å². The number of anilines is 1. The maximum Gasteiger partial charge on any atom is 0.456 e. The summed E-state index contributed by atoms with van der Waals surface area (Å²) in [6, 6.07) is 3.53. The third kappa shape index (κ3) is 4.14. The molecule has 2 rings (SSSR count). The fraction of sp³-hybridized carbons (Fsp3) is 0.308. The third-order valence-electron chi connectivity index (χ3n) is 2.92. The Morgan fingerprint density at radius 3 is 2.52 bits per heavy atom. The van der Waals surface area contributed by atoms with E-state index in [0.29, 0.717) is 5.52 Å². The molecule has 1 heterocycles. The molecular formula is C13H10F5N3O4. The van der Waals surface area contributed by atoms with Crippen LogP contribution in [0.4, 0.5) is 32.7 Å². The fourth-order valence-electron chi connectivity index (χ4n) is 1.66. The first-order valence-corrected chi connectivity index (χ1v) is 6.50. The Morgan fingerprint density at radius 1 is 1.24 bits per heavy atom. The number of carbonyl (C=O) groups excluding carboxylic acids is 2. The lowest BCUT2D eigenvalue weighted by atomic mass is 10.2. The van der Waals surface area contributed by atoms with E-state index in [1.54, 1.807) is 0 Å². The van der Waals surface area contributed by atoms with E-state index in [1.807, 2.05) is 0 Å². The number of rotatable bonds is 4. The van der Waals surface area contributed by atoms with Crippen molar-refractivity contribution in [3.63, 3.8) is 0 Å². The van der Waals surface area contributed by atoms with Crippen molar-refractivity contribution in [1.82, 2.24) is 9.97 Å². The van der Waals surface area contributed by atoms with E-state index < -0.39 is 30.8 Å². The number of imidazole rings is 1. The van der Waals surface area contributed by atoms with Gasteiger partial charge in [-0.25, -0.2) is 14.6 Å². The molecule has 25 heavy (non-hydrogen) atoms. The van der Waals surface area contributed by atoms with Crippen LogP contribution in [0.1, 0.15) is 10.4 Å². The van der Waals surface area contributed by atoms with Crippen molar-refractivity contribution in [1.29, 1.82) is 0 Å². The number of esters is 1. The Kier molecular flexibility index (Phi) is 4.81. The zero-order valence-electron chi connectivity index (χ0n) is 12.4. The minimum absolute atomic E-state index is 0.0176. The summed E-state index contributed by atoms with van der Waals surface area (Å²) in [4.78, 5) is 29.2. The molecule has 2 aromatic rings. The van der Waals surface area contributed by atoms with Gasteiger partial charge in [-0.15, -0.1) is 0 Å². The minimum atomic E-state index is -5.82. The maximum atomic E-state index is 12.7. The van der Waals surface area contributed by atoms with Gasteiger partial charge in [0.1, 0.15) is 0 Å². The van der Waals surface area contributed by atoms with Gasteiger partial charge in [-0.3, -0.25) is 5.32 Å². The molecule has 1 amide bonds. The molecule has 136 valence electrons. The number of hydrogen-bond acceptors (Lipinski definition) is 5. The highest BCUT2D eigenvalue weighted by molar-refractivity contribution is 5.94. The van der Waals surface area contributed by atoms with Crippen molar-refractivity contribution in [3.05, 3.63) is 23.8 Å². The Balaban J connectivity index is 2.13. The van der Waals surface area contributed by atoms with Crippen LogP contribution in [0.15, 0.2) is 18.2 Å². The number of aromatic nitrogens is 2. The first-order valence-electron chi connectivity index (χ1n) is 6.50. The second kappa shape index (κ2) is 6.53. The molecular weight excluding hydrogens is 357 g/mol. The van der Waals surface area contributed by atoms with Crippen molar-refractivity contribution in [2.24, 2.45) is 0 Å². The summed E-state index contributed by atoms with van der Waals surface area (Å²) in [5, 5.41) is 2.22. The number of methoxy groups -OCH3 is 1. The van der Waals surface area contributed by atoms with E-state index in [1.165, 1.54) is 6.07 Å². The molecule has 0 radical (unpaired) electrons. The fourth-order valence-corrected chi connectivity index (χ4v) is 1.66. The number of nitrogens with zero attached hydrogens (tertiary/aromatic N) is 1. The monoisotopic (exact) mass is 367 g/mol. The normalized spacial score (nSPS) is 12.1. The standard InChI is InChI=1S/C13H10F5N3O4/c1-24-11(23)21-10-19-7-3-2-6(4-8(7)20-10)9(22)25-5-12(14,15)13(16,17)18/h2-4H,5H2,1H3,(H2,19,20,21,23). The van der Waals surface area contributed by atoms with Gasteiger partial charge in [-0.1, -0.05) is 0 Å². The van der Waals surface area contributed by atoms with E-state index in [-0.39, 0.29) is 17.0 Å². The van der Waals surface area contributed by atoms with Crippen LogP contribution in [0.3, 0.4) is 0 Å². The SMILES string of the molecule is COC(=O)Nc1nc2ccc(C(=O)OCC(F)(F)C(F)(F)F)cc2[nH]1. The van der Waals surface area contributed by atoms with Crippen LogP contribution in [-0.4, -0.2) is 47.8 Å². The van der Waals surface area contributed by atoms with Gasteiger partial charge in [0.15, 0.2) is 6.61 Å². The average molecular weight is 367 g/mol. The van der Waals surface area contributed by atoms with E-state index in [4.69, 9.17) is 0 Å². The number of fused-ring (bicyclic) bond motifs is 1. The number of benzene rings is 1. The molecule has 0 aliphatic carbocycles. The molecule has 0 aliphatic heterocycles. The van der Waals surface area contributed by atoms with E-state index in [2.05, 4.69) is 24.8 Å². The number of alkyl halides is 5. The average Bonchev–Trinajstić information content (AvgIpc) is 2.92. The molecule has 0 unspecified atom stereocenters. The van der Waals surface area contributed by atoms with E-state index in [9.17, 15) is 31.5 Å². The smallest absolute Gasteiger partial charge is 0.455 e. The van der Waals surface area contributed by atoms with Gasteiger partial charge in [-0.2, -0.15) is 22.0 Å². The molecule has 0 fully saturated rings. The molecule has 0 saturated heterocycles. The zero-order valence-corrected chi connectivity index (χ0v) is 12.4. The maximum absolute atomic E-state index is 12.7. The number of aromatic amines is 1. The summed E-state index contributed by atoms with van der Waals surface area (Å²) in [7, 11) is 1.13. The zero-order chi connectivity index (χ0) is 18.8. The molecule has 0 atom stereocenters. The van der Waals surface area contributed by atoms with Crippen LogP contribution in [0.2, 0.25) is 0 Å². The first kappa shape index (κ1) is 18.4. The Labute approximate surface area is 136 Å². The number of H-pyrrole nitrogens is 1. The molecule has 0 aliphatic rings. The topological polar surface area (TPSA) is 93.3 Å². The van der Waals surface area contributed by atoms with Gasteiger partial charge >= 0.3 is 24.2 Å². The molecule has 1 aromatic carbocycles. The number of carbonyl (C=O) groups is 2. The number of halogens is 5. The predicted octanol–water partition coefficient (Wildman–Crippen LogP) is 3.10. The lowest BCUT2D eigenvalue weighted by molar-refractivity contribution is -0.292. The Hall–Kier alpha value is -2.92. The van der Waals surface area contributed by atoms with Crippen molar-refractivity contribution < 1.29 is 41.0 Å². The van der Waals surface area contributed by atoms with Crippen LogP contribution in [0.25, 0.3) is 11.0 Å². The summed E-state index contributed by atoms with van der Waals surface area (Å²) in [6.07, 6.45) is -6.64. The Bertz CT molecular complexity index is 803. The Morgan fingerprint density at radius 2 is 1.92 bits per heavy atom. The highest BCUT2D eigenvalue weighted by atomic mass is 19.4. The van der Waals surface area contributed by atoms with Crippen LogP contribution in [0, 0.1) is 0 Å². The molecule has 0 spiro atoms. The third-order valence-corrected chi connectivity index (χ3v) is 2.92. The van der Waals surface area contributed by atoms with Gasteiger partial charge in [0.2, 0.25) is 5.95 Å². The summed E-state index contributed by atoms with van der Waals surface area (Å²) < 4.78 is 70.0. The molecule has 7 nitrogen and oxygen atoms in total. The van der Waals surface area contributed by atoms with Crippen molar-refractivity contribution >= 4 is 29.0 Å². The first-order chi connectivity index (χ1) is 11.5. The summed E-state index contributed by atoms with van der Waals surface area (Å²) >= 11 is 0. The van der Waals surface area contributed by atoms with Crippen LogP contribution in [-0.2, 0) is 9.47 Å². The van der Waals surface area contributed by atoms with Crippen molar-refractivity contribution in [2.75, 3.05) is 19.0 Å². The van der Waals surface area contributed by atoms with Gasteiger partial charge in [0.05, 0.1) is 23.7 Å². The number of hydrogen-bond donors (Lipinski definition) is 2. The van der Waals surface area contributed by atoms with Crippen molar-refractivity contribution in [3.8, 4) is 0 Å². The molecule has 2 N–H and O–H groups in total. The quantitative estimate of drug-likeness (QED) is 0.640. The number of nitrogens with one attached hydrogen (secondary N) is 2. The predicted molar refractivity (Wildman–Crippen MR) is 73.4 cm³/mol. The highest BCUT2D eigenvalue weighted by Gasteiger charge is 2.58. The van der Waals surface area contributed by atoms with Gasteiger partial charge in [-0.05, 0) is 18.2 Å². The summed E-state index contributed by atoms with van der Waals surface area (Å²) in [5.74, 6) is -6.54. The van der Waals surface area contributed by atoms with Gasteiger partial charge in [0.25, 0.3) is 0 Å². The molecule has 1 aromatic heterocycles. The molecule has 12 heteroatoms.